The molecule has 0 aromatic rings. The molecule has 1 N–H and O–H groups in total. The first kappa shape index (κ1) is 9.86. The molecule has 0 spiro atoms. The highest BCUT2D eigenvalue weighted by Crippen LogP contribution is 2.20. The average Bonchev–Trinajstić information content (AvgIpc) is 2.03. The van der Waals surface area contributed by atoms with Crippen LogP contribution in [0, 0.1) is 5.92 Å². The molecule has 12 heavy (non-hydrogen) atoms. The number of nitrogens with zero attached hydrogens (tertiary/aromatic N) is 1. The van der Waals surface area contributed by atoms with Crippen molar-refractivity contribution >= 4 is 17.1 Å². The van der Waals surface area contributed by atoms with E-state index in [-0.39, 0.29) is 0 Å². The third-order valence-corrected chi connectivity index (χ3v) is 3.17. The Morgan fingerprint density at radius 1 is 1.58 bits per heavy atom. The molecule has 1 rings (SSSR count). The highest BCUT2D eigenvalue weighted by atomic mass is 32.2. The van der Waals surface area contributed by atoms with E-state index in [1.165, 1.54) is 0 Å². The predicted molar refractivity (Wildman–Crippen MR) is 50.7 cm³/mol. The summed E-state index contributed by atoms with van der Waals surface area (Å²) < 4.78 is 0. The summed E-state index contributed by atoms with van der Waals surface area (Å²) in [6.45, 7) is 2.23. The zero-order valence-corrected chi connectivity index (χ0v) is 8.14. The molecule has 1 aliphatic rings. The van der Waals surface area contributed by atoms with Crippen LogP contribution in [0.15, 0.2) is 0 Å². The first-order valence-electron chi connectivity index (χ1n) is 4.22. The van der Waals surface area contributed by atoms with Crippen molar-refractivity contribution in [3.8, 4) is 0 Å². The van der Waals surface area contributed by atoms with Crippen molar-refractivity contribution in [2.75, 3.05) is 25.9 Å². The lowest BCUT2D eigenvalue weighted by molar-refractivity contribution is 0.220. The summed E-state index contributed by atoms with van der Waals surface area (Å²) in [5, 5.41) is 7.71. The Morgan fingerprint density at radius 3 is 2.67 bits per heavy atom. The smallest absolute Gasteiger partial charge is 0.364 e. The molecule has 1 saturated heterocycles. The maximum absolute atomic E-state index is 10.3. The van der Waals surface area contributed by atoms with Crippen LogP contribution in [0.3, 0.4) is 0 Å². The third kappa shape index (κ3) is 3.45. The number of hydrogen-bond donors (Lipinski definition) is 1. The fourth-order valence-electron chi connectivity index (χ4n) is 1.42. The summed E-state index contributed by atoms with van der Waals surface area (Å²) in [7, 11) is 2.11. The Labute approximate surface area is 77.1 Å². The van der Waals surface area contributed by atoms with E-state index < -0.39 is 5.30 Å². The van der Waals surface area contributed by atoms with Gasteiger partial charge in [-0.25, -0.2) is 4.79 Å². The lowest BCUT2D eigenvalue weighted by Gasteiger charge is -2.28. The zero-order chi connectivity index (χ0) is 8.97. The number of carboxylic acid groups (broad SMARTS) is 1. The van der Waals surface area contributed by atoms with E-state index >= 15 is 0 Å². The van der Waals surface area contributed by atoms with Gasteiger partial charge in [-0.05, 0) is 50.7 Å². The topological polar surface area (TPSA) is 40.5 Å². The Kier molecular flexibility index (Phi) is 3.88. The molecule has 0 aliphatic carbocycles. The molecule has 1 heterocycles. The molecule has 0 saturated carbocycles. The molecule has 0 atom stereocenters. The van der Waals surface area contributed by atoms with Crippen molar-refractivity contribution in [3.63, 3.8) is 0 Å². The second-order valence-corrected chi connectivity index (χ2v) is 4.29. The quantitative estimate of drug-likeness (QED) is 0.718. The van der Waals surface area contributed by atoms with Gasteiger partial charge in [-0.3, -0.25) is 0 Å². The molecular formula is C8H15NO2S. The fraction of sp³-hybridized carbons (Fsp3) is 0.875. The molecular weight excluding hydrogens is 174 g/mol. The molecule has 0 aromatic heterocycles. The minimum absolute atomic E-state index is 0.613. The number of piperidine rings is 1. The van der Waals surface area contributed by atoms with Crippen molar-refractivity contribution < 1.29 is 9.90 Å². The Morgan fingerprint density at radius 2 is 2.17 bits per heavy atom. The van der Waals surface area contributed by atoms with E-state index in [9.17, 15) is 4.79 Å². The molecule has 4 heteroatoms. The monoisotopic (exact) mass is 189 g/mol. The van der Waals surface area contributed by atoms with E-state index in [2.05, 4.69) is 11.9 Å². The van der Waals surface area contributed by atoms with E-state index in [0.717, 1.165) is 43.4 Å². The van der Waals surface area contributed by atoms with Gasteiger partial charge < -0.3 is 10.0 Å². The lowest BCUT2D eigenvalue weighted by atomic mass is 10.00. The van der Waals surface area contributed by atoms with Crippen LogP contribution >= 0.6 is 11.8 Å². The Balaban J connectivity index is 2.13. The van der Waals surface area contributed by atoms with Crippen molar-refractivity contribution in [1.82, 2.24) is 4.90 Å². The van der Waals surface area contributed by atoms with Crippen molar-refractivity contribution in [2.45, 2.75) is 12.8 Å². The second kappa shape index (κ2) is 4.72. The average molecular weight is 189 g/mol. The molecule has 0 aromatic carbocycles. The van der Waals surface area contributed by atoms with Crippen LogP contribution in [0.25, 0.3) is 0 Å². The van der Waals surface area contributed by atoms with Gasteiger partial charge in [-0.15, -0.1) is 0 Å². The minimum Gasteiger partial charge on any atom is -0.473 e. The zero-order valence-electron chi connectivity index (χ0n) is 7.32. The fourth-order valence-corrected chi connectivity index (χ4v) is 2.13. The van der Waals surface area contributed by atoms with E-state index in [1.54, 1.807) is 0 Å². The molecule has 0 unspecified atom stereocenters. The number of carbonyl (C=O) groups is 1. The van der Waals surface area contributed by atoms with E-state index in [0.29, 0.717) is 5.92 Å². The van der Waals surface area contributed by atoms with Gasteiger partial charge in [-0.1, -0.05) is 0 Å². The van der Waals surface area contributed by atoms with Crippen LogP contribution < -0.4 is 0 Å². The summed E-state index contributed by atoms with van der Waals surface area (Å²) in [4.78, 5) is 12.6. The number of likely N-dealkylation sites (tertiary alicyclic amines) is 1. The first-order chi connectivity index (χ1) is 5.68. The molecule has 3 nitrogen and oxygen atoms in total. The van der Waals surface area contributed by atoms with Gasteiger partial charge in [-0.2, -0.15) is 0 Å². The van der Waals surface area contributed by atoms with Gasteiger partial charge in [0.25, 0.3) is 0 Å². The van der Waals surface area contributed by atoms with Crippen LogP contribution in [0.4, 0.5) is 4.79 Å². The van der Waals surface area contributed by atoms with Gasteiger partial charge in [0, 0.05) is 5.75 Å². The lowest BCUT2D eigenvalue weighted by Crippen LogP contribution is -2.31. The van der Waals surface area contributed by atoms with E-state index in [1.807, 2.05) is 0 Å². The molecule has 1 fully saturated rings. The largest absolute Gasteiger partial charge is 0.473 e. The minimum atomic E-state index is -0.742. The van der Waals surface area contributed by atoms with Crippen LogP contribution in [-0.2, 0) is 0 Å². The summed E-state index contributed by atoms with van der Waals surface area (Å²) in [6, 6.07) is 0. The highest BCUT2D eigenvalue weighted by Gasteiger charge is 2.17. The van der Waals surface area contributed by atoms with Gasteiger partial charge in [0.15, 0.2) is 0 Å². The molecule has 0 amide bonds. The normalized spacial score (nSPS) is 21.1. The number of thioether (sulfide) groups is 1. The number of rotatable bonds is 2. The Hall–Kier alpha value is -0.220. The van der Waals surface area contributed by atoms with Gasteiger partial charge in [0.1, 0.15) is 0 Å². The summed E-state index contributed by atoms with van der Waals surface area (Å²) in [5.74, 6) is 1.39. The van der Waals surface area contributed by atoms with Gasteiger partial charge in [0.05, 0.1) is 0 Å². The first-order valence-corrected chi connectivity index (χ1v) is 5.21. The SMILES string of the molecule is CN1CCC(CSC(=O)O)CC1. The second-order valence-electron chi connectivity index (χ2n) is 3.32. The third-order valence-electron chi connectivity index (χ3n) is 2.28. The van der Waals surface area contributed by atoms with Crippen LogP contribution in [0.1, 0.15) is 12.8 Å². The molecule has 1 aliphatic heterocycles. The standard InChI is InChI=1S/C8H15NO2S/c1-9-4-2-7(3-5-9)6-12-8(10)11/h7H,2-6H2,1H3,(H,10,11). The van der Waals surface area contributed by atoms with Crippen molar-refractivity contribution in [2.24, 2.45) is 5.92 Å². The Bertz CT molecular complexity index is 155. The van der Waals surface area contributed by atoms with Gasteiger partial charge in [0.2, 0.25) is 0 Å². The van der Waals surface area contributed by atoms with Crippen molar-refractivity contribution in [1.29, 1.82) is 0 Å². The summed E-state index contributed by atoms with van der Waals surface area (Å²) >= 11 is 1.04. The summed E-state index contributed by atoms with van der Waals surface area (Å²) in [5.41, 5.74) is 0. The van der Waals surface area contributed by atoms with Crippen LogP contribution in [0.2, 0.25) is 0 Å². The van der Waals surface area contributed by atoms with Crippen LogP contribution in [-0.4, -0.2) is 41.2 Å². The maximum atomic E-state index is 10.3. The molecule has 70 valence electrons. The predicted octanol–water partition coefficient (Wildman–Crippen LogP) is 1.74. The summed E-state index contributed by atoms with van der Waals surface area (Å²) in [6.07, 6.45) is 2.30. The molecule has 0 bridgehead atoms. The van der Waals surface area contributed by atoms with E-state index in [4.69, 9.17) is 5.11 Å². The van der Waals surface area contributed by atoms with Crippen LogP contribution in [0.5, 0.6) is 0 Å². The molecule has 0 radical (unpaired) electrons. The number of hydrogen-bond acceptors (Lipinski definition) is 3. The highest BCUT2D eigenvalue weighted by molar-refractivity contribution is 8.13. The van der Waals surface area contributed by atoms with Gasteiger partial charge >= 0.3 is 5.30 Å². The van der Waals surface area contributed by atoms with Crippen molar-refractivity contribution in [3.05, 3.63) is 0 Å². The maximum Gasteiger partial charge on any atom is 0.364 e.